The Morgan fingerprint density at radius 3 is 2.42 bits per heavy atom. The van der Waals surface area contributed by atoms with Crippen LogP contribution in [0.25, 0.3) is 0 Å². The van der Waals surface area contributed by atoms with Crippen molar-refractivity contribution in [3.8, 4) is 0 Å². The van der Waals surface area contributed by atoms with Crippen molar-refractivity contribution in [1.29, 1.82) is 0 Å². The van der Waals surface area contributed by atoms with Crippen LogP contribution in [0.1, 0.15) is 47.5 Å². The highest BCUT2D eigenvalue weighted by Gasteiger charge is 2.37. The van der Waals surface area contributed by atoms with E-state index in [-0.39, 0.29) is 31.1 Å². The molecular formula is C13H23NO5. The predicted molar refractivity (Wildman–Crippen MR) is 69.6 cm³/mol. The molecule has 0 spiro atoms. The zero-order chi connectivity index (χ0) is 14.7. The molecule has 0 aromatic carbocycles. The average molecular weight is 273 g/mol. The Labute approximate surface area is 113 Å². The monoisotopic (exact) mass is 273 g/mol. The Balaban J connectivity index is 2.57. The average Bonchev–Trinajstić information content (AvgIpc) is 2.10. The molecule has 1 fully saturated rings. The molecular weight excluding hydrogens is 250 g/mol. The number of nitrogens with zero attached hydrogens (tertiary/aromatic N) is 1. The molecule has 1 heterocycles. The summed E-state index contributed by atoms with van der Waals surface area (Å²) in [6.45, 7) is 9.03. The molecule has 1 saturated heterocycles. The lowest BCUT2D eigenvalue weighted by Crippen LogP contribution is -2.46. The number of carbonyl (C=O) groups is 1. The molecule has 110 valence electrons. The fourth-order valence-electron chi connectivity index (χ4n) is 2.11. The van der Waals surface area contributed by atoms with Gasteiger partial charge in [0, 0.05) is 6.42 Å². The molecule has 1 rings (SSSR count). The molecule has 0 aromatic heterocycles. The van der Waals surface area contributed by atoms with Crippen LogP contribution in [0.3, 0.4) is 0 Å². The highest BCUT2D eigenvalue weighted by atomic mass is 16.7. The zero-order valence-electron chi connectivity index (χ0n) is 12.3. The largest absolute Gasteiger partial charge is 0.460 e. The minimum Gasteiger partial charge on any atom is -0.460 e. The Kier molecular flexibility index (Phi) is 5.04. The standard InChI is InChI=1S/C13H23NO5/c1-12(2,3)19-11(15)7-9-6-10(8-14-16)18-13(4,5)17-9/h9-10H,6-8H2,1-5H3. The van der Waals surface area contributed by atoms with Crippen LogP contribution in [0.15, 0.2) is 5.18 Å². The summed E-state index contributed by atoms with van der Waals surface area (Å²) in [5, 5.41) is 2.85. The quantitative estimate of drug-likeness (QED) is 0.580. The highest BCUT2D eigenvalue weighted by Crippen LogP contribution is 2.29. The molecule has 0 amide bonds. The Morgan fingerprint density at radius 1 is 1.32 bits per heavy atom. The SMILES string of the molecule is CC(C)(C)OC(=O)CC1CC(CN=O)OC(C)(C)O1. The number of rotatable bonds is 4. The molecule has 0 aromatic rings. The molecule has 1 aliphatic rings. The van der Waals surface area contributed by atoms with Gasteiger partial charge < -0.3 is 14.2 Å². The first-order valence-corrected chi connectivity index (χ1v) is 6.48. The van der Waals surface area contributed by atoms with E-state index in [1.54, 1.807) is 13.8 Å². The number of hydrogen-bond acceptors (Lipinski definition) is 6. The lowest BCUT2D eigenvalue weighted by Gasteiger charge is -2.40. The molecule has 0 N–H and O–H groups in total. The third kappa shape index (κ3) is 6.11. The molecule has 0 saturated carbocycles. The summed E-state index contributed by atoms with van der Waals surface area (Å²) in [6, 6.07) is 0. The molecule has 1 aliphatic heterocycles. The maximum Gasteiger partial charge on any atom is 0.308 e. The molecule has 0 bridgehead atoms. The fraction of sp³-hybridized carbons (Fsp3) is 0.923. The lowest BCUT2D eigenvalue weighted by molar-refractivity contribution is -0.297. The predicted octanol–water partition coefficient (Wildman–Crippen LogP) is 2.39. The summed E-state index contributed by atoms with van der Waals surface area (Å²) >= 11 is 0. The van der Waals surface area contributed by atoms with Gasteiger partial charge in [0.15, 0.2) is 5.79 Å². The van der Waals surface area contributed by atoms with Gasteiger partial charge in [0.1, 0.15) is 12.1 Å². The van der Waals surface area contributed by atoms with Gasteiger partial charge in [-0.1, -0.05) is 5.18 Å². The van der Waals surface area contributed by atoms with Crippen LogP contribution in [0, 0.1) is 4.91 Å². The van der Waals surface area contributed by atoms with Gasteiger partial charge >= 0.3 is 5.97 Å². The summed E-state index contributed by atoms with van der Waals surface area (Å²) in [7, 11) is 0. The number of carbonyl (C=O) groups excluding carboxylic acids is 1. The van der Waals surface area contributed by atoms with Crippen molar-refractivity contribution in [2.24, 2.45) is 5.18 Å². The van der Waals surface area contributed by atoms with E-state index in [0.717, 1.165) is 0 Å². The number of ether oxygens (including phenoxy) is 3. The third-order valence-electron chi connectivity index (χ3n) is 2.52. The Bertz CT molecular complexity index is 334. The lowest BCUT2D eigenvalue weighted by atomic mass is 10.1. The van der Waals surface area contributed by atoms with Gasteiger partial charge in [0.05, 0.1) is 18.6 Å². The van der Waals surface area contributed by atoms with E-state index in [2.05, 4.69) is 5.18 Å². The maximum absolute atomic E-state index is 11.8. The second-order valence-electron chi connectivity index (χ2n) is 6.22. The van der Waals surface area contributed by atoms with Gasteiger partial charge in [0.2, 0.25) is 0 Å². The van der Waals surface area contributed by atoms with Crippen molar-refractivity contribution in [2.75, 3.05) is 6.54 Å². The van der Waals surface area contributed by atoms with E-state index >= 15 is 0 Å². The van der Waals surface area contributed by atoms with Crippen molar-refractivity contribution >= 4 is 5.97 Å². The normalized spacial score (nSPS) is 26.8. The molecule has 0 radical (unpaired) electrons. The number of hydrogen-bond donors (Lipinski definition) is 0. The van der Waals surface area contributed by atoms with E-state index in [1.807, 2.05) is 20.8 Å². The van der Waals surface area contributed by atoms with Gasteiger partial charge in [-0.2, -0.15) is 4.91 Å². The van der Waals surface area contributed by atoms with Gasteiger partial charge in [-0.3, -0.25) is 4.79 Å². The van der Waals surface area contributed by atoms with E-state index in [0.29, 0.717) is 6.42 Å². The second kappa shape index (κ2) is 5.96. The van der Waals surface area contributed by atoms with Crippen LogP contribution < -0.4 is 0 Å². The Morgan fingerprint density at radius 2 is 1.89 bits per heavy atom. The first kappa shape index (κ1) is 16.0. The van der Waals surface area contributed by atoms with E-state index in [9.17, 15) is 9.70 Å². The van der Waals surface area contributed by atoms with Crippen LogP contribution in [0.2, 0.25) is 0 Å². The fourth-order valence-corrected chi connectivity index (χ4v) is 2.11. The first-order valence-electron chi connectivity index (χ1n) is 6.48. The summed E-state index contributed by atoms with van der Waals surface area (Å²) in [5.74, 6) is -1.13. The summed E-state index contributed by atoms with van der Waals surface area (Å²) in [4.78, 5) is 22.1. The van der Waals surface area contributed by atoms with Crippen LogP contribution in [-0.2, 0) is 19.0 Å². The molecule has 19 heavy (non-hydrogen) atoms. The first-order chi connectivity index (χ1) is 8.61. The van der Waals surface area contributed by atoms with Gasteiger partial charge in [-0.25, -0.2) is 0 Å². The van der Waals surface area contributed by atoms with E-state index in [1.165, 1.54) is 0 Å². The smallest absolute Gasteiger partial charge is 0.308 e. The van der Waals surface area contributed by atoms with Crippen LogP contribution in [0.5, 0.6) is 0 Å². The van der Waals surface area contributed by atoms with E-state index in [4.69, 9.17) is 14.2 Å². The van der Waals surface area contributed by atoms with Crippen LogP contribution in [0.4, 0.5) is 0 Å². The van der Waals surface area contributed by atoms with Crippen LogP contribution >= 0.6 is 0 Å². The second-order valence-corrected chi connectivity index (χ2v) is 6.22. The van der Waals surface area contributed by atoms with Crippen molar-refractivity contribution in [3.05, 3.63) is 4.91 Å². The molecule has 6 heteroatoms. The van der Waals surface area contributed by atoms with Gasteiger partial charge in [0.25, 0.3) is 0 Å². The minimum absolute atomic E-state index is 0.0671. The van der Waals surface area contributed by atoms with Crippen molar-refractivity contribution < 1.29 is 19.0 Å². The zero-order valence-corrected chi connectivity index (χ0v) is 12.3. The number of esters is 1. The molecule has 6 nitrogen and oxygen atoms in total. The van der Waals surface area contributed by atoms with Crippen LogP contribution in [-0.4, -0.2) is 36.1 Å². The molecule has 2 unspecified atom stereocenters. The van der Waals surface area contributed by atoms with Crippen molar-refractivity contribution in [2.45, 2.75) is 71.1 Å². The number of nitroso groups, excluding NO2 is 1. The van der Waals surface area contributed by atoms with Crippen molar-refractivity contribution in [1.82, 2.24) is 0 Å². The minimum atomic E-state index is -0.819. The Hall–Kier alpha value is -1.01. The third-order valence-corrected chi connectivity index (χ3v) is 2.52. The molecule has 0 aliphatic carbocycles. The maximum atomic E-state index is 11.8. The van der Waals surface area contributed by atoms with E-state index < -0.39 is 11.4 Å². The summed E-state index contributed by atoms with van der Waals surface area (Å²) in [6.07, 6.45) is -0.00701. The van der Waals surface area contributed by atoms with Gasteiger partial charge in [-0.05, 0) is 34.6 Å². The molecule has 2 atom stereocenters. The van der Waals surface area contributed by atoms with Gasteiger partial charge in [-0.15, -0.1) is 0 Å². The summed E-state index contributed by atoms with van der Waals surface area (Å²) < 4.78 is 16.5. The highest BCUT2D eigenvalue weighted by molar-refractivity contribution is 5.70. The summed E-state index contributed by atoms with van der Waals surface area (Å²) in [5.41, 5.74) is -0.512. The topological polar surface area (TPSA) is 74.2 Å². The van der Waals surface area contributed by atoms with Crippen molar-refractivity contribution in [3.63, 3.8) is 0 Å².